The Hall–Kier alpha value is -1.97. The van der Waals surface area contributed by atoms with Gasteiger partial charge >= 0.3 is 0 Å². The molecule has 0 fully saturated rings. The molecular formula is C15H9Cl2NO2. The van der Waals surface area contributed by atoms with Crippen molar-refractivity contribution in [2.75, 3.05) is 0 Å². The molecule has 0 amide bonds. The second-order valence-corrected chi connectivity index (χ2v) is 5.20. The number of fused-ring (bicyclic) bond motifs is 1. The molecule has 1 aromatic heterocycles. The van der Waals surface area contributed by atoms with Crippen molar-refractivity contribution in [3.05, 3.63) is 62.7 Å². The first-order valence-electron chi connectivity index (χ1n) is 5.87. The summed E-state index contributed by atoms with van der Waals surface area (Å²) >= 11 is 12.0. The number of H-pyrrole nitrogens is 1. The lowest BCUT2D eigenvalue weighted by molar-refractivity contribution is 0.471. The number of aromatic amines is 1. The fraction of sp³-hybridized carbons (Fsp3) is 0. The third-order valence-corrected chi connectivity index (χ3v) is 3.57. The van der Waals surface area contributed by atoms with E-state index in [0.29, 0.717) is 21.8 Å². The highest BCUT2D eigenvalue weighted by atomic mass is 35.5. The SMILES string of the molecule is O=c1c(O)c(-c2ccccc2)[nH]c2cc(Cl)cc(Cl)c12. The summed E-state index contributed by atoms with van der Waals surface area (Å²) < 4.78 is 0. The van der Waals surface area contributed by atoms with Gasteiger partial charge in [-0.3, -0.25) is 4.79 Å². The van der Waals surface area contributed by atoms with Crippen molar-refractivity contribution in [3.8, 4) is 17.0 Å². The number of pyridine rings is 1. The maximum Gasteiger partial charge on any atom is 0.233 e. The third kappa shape index (κ3) is 2.05. The molecule has 3 rings (SSSR count). The van der Waals surface area contributed by atoms with Gasteiger partial charge in [-0.15, -0.1) is 0 Å². The Morgan fingerprint density at radius 2 is 1.75 bits per heavy atom. The number of rotatable bonds is 1. The fourth-order valence-electron chi connectivity index (χ4n) is 2.14. The van der Waals surface area contributed by atoms with Gasteiger partial charge in [-0.2, -0.15) is 0 Å². The molecule has 0 spiro atoms. The van der Waals surface area contributed by atoms with E-state index in [-0.39, 0.29) is 16.2 Å². The quantitative estimate of drug-likeness (QED) is 0.707. The summed E-state index contributed by atoms with van der Waals surface area (Å²) in [6, 6.07) is 12.2. The largest absolute Gasteiger partial charge is 0.503 e. The standard InChI is InChI=1S/C15H9Cl2NO2/c16-9-6-10(17)12-11(7-9)18-13(15(20)14(12)19)8-4-2-1-3-5-8/h1-7,20H,(H,18,19). The van der Waals surface area contributed by atoms with Gasteiger partial charge in [-0.1, -0.05) is 53.5 Å². The average Bonchev–Trinajstić information content (AvgIpc) is 2.43. The molecule has 3 nitrogen and oxygen atoms in total. The Morgan fingerprint density at radius 1 is 1.05 bits per heavy atom. The van der Waals surface area contributed by atoms with Gasteiger partial charge in [0.15, 0.2) is 5.75 Å². The molecule has 100 valence electrons. The minimum Gasteiger partial charge on any atom is -0.503 e. The summed E-state index contributed by atoms with van der Waals surface area (Å²) in [5.41, 5.74) is 1.03. The molecule has 0 aliphatic heterocycles. The van der Waals surface area contributed by atoms with Gasteiger partial charge in [-0.05, 0) is 12.1 Å². The summed E-state index contributed by atoms with van der Waals surface area (Å²) in [5.74, 6) is -0.354. The molecule has 2 aromatic carbocycles. The van der Waals surface area contributed by atoms with Crippen LogP contribution in [0.1, 0.15) is 0 Å². The zero-order chi connectivity index (χ0) is 14.3. The second-order valence-electron chi connectivity index (χ2n) is 4.35. The van der Waals surface area contributed by atoms with Gasteiger partial charge in [-0.25, -0.2) is 0 Å². The first kappa shape index (κ1) is 13.0. The topological polar surface area (TPSA) is 53.1 Å². The molecule has 20 heavy (non-hydrogen) atoms. The Kier molecular flexibility index (Phi) is 3.16. The monoisotopic (exact) mass is 305 g/mol. The molecule has 0 saturated heterocycles. The summed E-state index contributed by atoms with van der Waals surface area (Å²) in [5, 5.41) is 11.0. The second kappa shape index (κ2) is 4.85. The number of benzene rings is 2. The van der Waals surface area contributed by atoms with E-state index < -0.39 is 5.43 Å². The molecule has 5 heteroatoms. The molecule has 0 aliphatic carbocycles. The molecule has 2 N–H and O–H groups in total. The zero-order valence-corrected chi connectivity index (χ0v) is 11.7. The number of hydrogen-bond donors (Lipinski definition) is 2. The van der Waals surface area contributed by atoms with E-state index in [1.165, 1.54) is 6.07 Å². The maximum absolute atomic E-state index is 12.3. The molecule has 1 heterocycles. The zero-order valence-electron chi connectivity index (χ0n) is 10.2. The predicted octanol–water partition coefficient (Wildman–Crippen LogP) is 4.21. The predicted molar refractivity (Wildman–Crippen MR) is 81.7 cm³/mol. The maximum atomic E-state index is 12.3. The van der Waals surface area contributed by atoms with Gasteiger partial charge in [0.1, 0.15) is 0 Å². The van der Waals surface area contributed by atoms with Gasteiger partial charge in [0, 0.05) is 10.6 Å². The Balaban J connectivity index is 2.42. The van der Waals surface area contributed by atoms with Crippen LogP contribution in [0, 0.1) is 0 Å². The van der Waals surface area contributed by atoms with Crippen LogP contribution in [-0.2, 0) is 0 Å². The first-order chi connectivity index (χ1) is 9.58. The lowest BCUT2D eigenvalue weighted by Crippen LogP contribution is -2.05. The first-order valence-corrected chi connectivity index (χ1v) is 6.63. The van der Waals surface area contributed by atoms with Crippen molar-refractivity contribution >= 4 is 34.1 Å². The van der Waals surface area contributed by atoms with Crippen LogP contribution >= 0.6 is 23.2 Å². The normalized spacial score (nSPS) is 10.9. The lowest BCUT2D eigenvalue weighted by Gasteiger charge is -2.08. The third-order valence-electron chi connectivity index (χ3n) is 3.06. The Labute approximate surface area is 124 Å². The molecule has 0 aliphatic rings. The minimum atomic E-state index is -0.515. The van der Waals surface area contributed by atoms with Crippen LogP contribution in [0.15, 0.2) is 47.3 Å². The van der Waals surface area contributed by atoms with Gasteiger partial charge < -0.3 is 10.1 Å². The fourth-order valence-corrected chi connectivity index (χ4v) is 2.72. The van der Waals surface area contributed by atoms with Crippen LogP contribution in [-0.4, -0.2) is 10.1 Å². The van der Waals surface area contributed by atoms with E-state index >= 15 is 0 Å². The number of hydrogen-bond acceptors (Lipinski definition) is 2. The summed E-state index contributed by atoms with van der Waals surface area (Å²) in [6.07, 6.45) is 0. The summed E-state index contributed by atoms with van der Waals surface area (Å²) in [4.78, 5) is 15.3. The lowest BCUT2D eigenvalue weighted by atomic mass is 10.1. The van der Waals surface area contributed by atoms with Gasteiger partial charge in [0.2, 0.25) is 5.43 Å². The van der Waals surface area contributed by atoms with E-state index in [0.717, 1.165) is 0 Å². The van der Waals surface area contributed by atoms with Crippen LogP contribution in [0.3, 0.4) is 0 Å². The minimum absolute atomic E-state index is 0.212. The highest BCUT2D eigenvalue weighted by Gasteiger charge is 2.15. The van der Waals surface area contributed by atoms with Crippen LogP contribution < -0.4 is 5.43 Å². The molecule has 0 bridgehead atoms. The average molecular weight is 306 g/mol. The van der Waals surface area contributed by atoms with Crippen LogP contribution in [0.4, 0.5) is 0 Å². The highest BCUT2D eigenvalue weighted by molar-refractivity contribution is 6.38. The van der Waals surface area contributed by atoms with E-state index in [1.54, 1.807) is 18.2 Å². The Bertz CT molecular complexity index is 857. The van der Waals surface area contributed by atoms with Crippen molar-refractivity contribution < 1.29 is 5.11 Å². The molecule has 3 aromatic rings. The van der Waals surface area contributed by atoms with Crippen LogP contribution in [0.5, 0.6) is 5.75 Å². The van der Waals surface area contributed by atoms with Gasteiger partial charge in [0.25, 0.3) is 0 Å². The van der Waals surface area contributed by atoms with Crippen molar-refractivity contribution in [1.29, 1.82) is 0 Å². The van der Waals surface area contributed by atoms with E-state index in [2.05, 4.69) is 4.98 Å². The Morgan fingerprint density at radius 3 is 2.45 bits per heavy atom. The van der Waals surface area contributed by atoms with Crippen molar-refractivity contribution in [3.63, 3.8) is 0 Å². The summed E-state index contributed by atoms with van der Waals surface area (Å²) in [7, 11) is 0. The molecular weight excluding hydrogens is 297 g/mol. The molecule has 0 saturated carbocycles. The smallest absolute Gasteiger partial charge is 0.233 e. The highest BCUT2D eigenvalue weighted by Crippen LogP contribution is 2.30. The van der Waals surface area contributed by atoms with Crippen molar-refractivity contribution in [2.45, 2.75) is 0 Å². The van der Waals surface area contributed by atoms with E-state index in [9.17, 15) is 9.90 Å². The number of halogens is 2. The molecule has 0 radical (unpaired) electrons. The van der Waals surface area contributed by atoms with Gasteiger partial charge in [0.05, 0.1) is 21.6 Å². The number of nitrogens with one attached hydrogen (secondary N) is 1. The van der Waals surface area contributed by atoms with Crippen LogP contribution in [0.2, 0.25) is 10.0 Å². The van der Waals surface area contributed by atoms with E-state index in [4.69, 9.17) is 23.2 Å². The van der Waals surface area contributed by atoms with Crippen LogP contribution in [0.25, 0.3) is 22.2 Å². The number of aromatic nitrogens is 1. The van der Waals surface area contributed by atoms with E-state index in [1.807, 2.05) is 18.2 Å². The number of aromatic hydroxyl groups is 1. The molecule has 0 atom stereocenters. The van der Waals surface area contributed by atoms with Crippen molar-refractivity contribution in [2.24, 2.45) is 0 Å². The molecule has 0 unspecified atom stereocenters. The van der Waals surface area contributed by atoms with Crippen molar-refractivity contribution in [1.82, 2.24) is 4.98 Å². The summed E-state index contributed by atoms with van der Waals surface area (Å²) in [6.45, 7) is 0.